The van der Waals surface area contributed by atoms with E-state index in [1.54, 1.807) is 0 Å². The maximum atomic E-state index is 4.45. The lowest BCUT2D eigenvalue weighted by molar-refractivity contribution is 0.0975. The van der Waals surface area contributed by atoms with Crippen LogP contribution in [0, 0.1) is 12.8 Å². The van der Waals surface area contributed by atoms with Crippen LogP contribution in [0.15, 0.2) is 18.2 Å². The van der Waals surface area contributed by atoms with Crippen LogP contribution < -0.4 is 5.32 Å². The average Bonchev–Trinajstić information content (AvgIpc) is 2.79. The zero-order valence-corrected chi connectivity index (χ0v) is 11.3. The molecule has 0 aliphatic carbocycles. The maximum absolute atomic E-state index is 4.45. The number of anilines is 1. The lowest BCUT2D eigenvalue weighted by Crippen LogP contribution is -2.53. The number of aromatic nitrogens is 2. The van der Waals surface area contributed by atoms with E-state index in [0.717, 1.165) is 22.8 Å². The topological polar surface area (TPSA) is 44.0 Å². The quantitative estimate of drug-likeness (QED) is 0.867. The molecule has 4 heteroatoms. The second kappa shape index (κ2) is 4.23. The fraction of sp³-hybridized carbons (Fsp3) is 0.533. The predicted octanol–water partition coefficient (Wildman–Crippen LogP) is 2.38. The van der Waals surface area contributed by atoms with Gasteiger partial charge >= 0.3 is 0 Å². The number of nitrogens with one attached hydrogen (secondary N) is 2. The van der Waals surface area contributed by atoms with Crippen LogP contribution in [0.25, 0.3) is 11.0 Å². The number of hydrogen-bond acceptors (Lipinski definition) is 3. The summed E-state index contributed by atoms with van der Waals surface area (Å²) in [5.41, 5.74) is 3.40. The van der Waals surface area contributed by atoms with Gasteiger partial charge in [-0.3, -0.25) is 0 Å². The van der Waals surface area contributed by atoms with E-state index in [9.17, 15) is 0 Å². The number of fused-ring (bicyclic) bond motifs is 4. The van der Waals surface area contributed by atoms with E-state index < -0.39 is 0 Å². The van der Waals surface area contributed by atoms with E-state index in [4.69, 9.17) is 0 Å². The van der Waals surface area contributed by atoms with Gasteiger partial charge in [-0.05, 0) is 57.0 Å². The van der Waals surface area contributed by atoms with Crippen LogP contribution in [0.5, 0.6) is 0 Å². The first-order valence-electron chi connectivity index (χ1n) is 7.23. The largest absolute Gasteiger partial charge is 0.381 e. The minimum absolute atomic E-state index is 0.615. The minimum atomic E-state index is 0.615. The first kappa shape index (κ1) is 11.3. The van der Waals surface area contributed by atoms with Crippen molar-refractivity contribution in [2.75, 3.05) is 25.0 Å². The monoisotopic (exact) mass is 256 g/mol. The molecule has 4 nitrogen and oxygen atoms in total. The molecule has 0 saturated carbocycles. The van der Waals surface area contributed by atoms with E-state index in [1.165, 1.54) is 38.2 Å². The van der Waals surface area contributed by atoms with E-state index >= 15 is 0 Å². The molecule has 2 bridgehead atoms. The second-order valence-electron chi connectivity index (χ2n) is 5.94. The standard InChI is InChI=1S/C15H20N4/c1-10-16-13-3-2-12(8-14(13)17-10)18-15-9-19-6-4-11(15)5-7-19/h2-3,8,11,15,18H,4-7,9H2,1H3,(H,16,17). The van der Waals surface area contributed by atoms with Crippen molar-refractivity contribution in [1.29, 1.82) is 0 Å². The third-order valence-corrected chi connectivity index (χ3v) is 4.61. The molecular weight excluding hydrogens is 236 g/mol. The zero-order valence-electron chi connectivity index (χ0n) is 11.3. The van der Waals surface area contributed by atoms with Gasteiger partial charge in [0.15, 0.2) is 0 Å². The van der Waals surface area contributed by atoms with Crippen molar-refractivity contribution in [2.24, 2.45) is 5.92 Å². The van der Waals surface area contributed by atoms with Gasteiger partial charge in [0.2, 0.25) is 0 Å². The van der Waals surface area contributed by atoms with Crippen molar-refractivity contribution in [3.05, 3.63) is 24.0 Å². The summed E-state index contributed by atoms with van der Waals surface area (Å²) in [7, 11) is 0. The smallest absolute Gasteiger partial charge is 0.104 e. The number of imidazole rings is 1. The Balaban J connectivity index is 1.57. The van der Waals surface area contributed by atoms with E-state index in [2.05, 4.69) is 38.4 Å². The Bertz CT molecular complexity index is 595. The Labute approximate surface area is 113 Å². The van der Waals surface area contributed by atoms with Crippen LogP contribution in [-0.4, -0.2) is 40.5 Å². The number of H-pyrrole nitrogens is 1. The van der Waals surface area contributed by atoms with Gasteiger partial charge < -0.3 is 15.2 Å². The first-order chi connectivity index (χ1) is 9.28. The lowest BCUT2D eigenvalue weighted by atomic mass is 9.84. The molecule has 0 amide bonds. The lowest BCUT2D eigenvalue weighted by Gasteiger charge is -2.45. The number of aryl methyl sites for hydroxylation is 1. The van der Waals surface area contributed by atoms with E-state index in [0.29, 0.717) is 6.04 Å². The van der Waals surface area contributed by atoms with Crippen LogP contribution in [0.2, 0.25) is 0 Å². The van der Waals surface area contributed by atoms with Crippen molar-refractivity contribution >= 4 is 16.7 Å². The van der Waals surface area contributed by atoms with Gasteiger partial charge in [-0.25, -0.2) is 4.98 Å². The summed E-state index contributed by atoms with van der Waals surface area (Å²) in [6.07, 6.45) is 2.70. The van der Waals surface area contributed by atoms with Crippen LogP contribution in [0.4, 0.5) is 5.69 Å². The molecule has 2 aromatic rings. The Morgan fingerprint density at radius 3 is 2.89 bits per heavy atom. The number of aromatic amines is 1. The van der Waals surface area contributed by atoms with Gasteiger partial charge in [0.05, 0.1) is 11.0 Å². The molecule has 1 aromatic carbocycles. The predicted molar refractivity (Wildman–Crippen MR) is 77.4 cm³/mol. The van der Waals surface area contributed by atoms with Gasteiger partial charge in [0.1, 0.15) is 5.82 Å². The van der Waals surface area contributed by atoms with Crippen LogP contribution in [0.1, 0.15) is 18.7 Å². The van der Waals surface area contributed by atoms with Crippen molar-refractivity contribution in [1.82, 2.24) is 14.9 Å². The third-order valence-electron chi connectivity index (χ3n) is 4.61. The normalized spacial score (nSPS) is 29.8. The molecule has 3 aliphatic rings. The molecule has 19 heavy (non-hydrogen) atoms. The van der Waals surface area contributed by atoms with Crippen molar-refractivity contribution in [3.63, 3.8) is 0 Å². The van der Waals surface area contributed by atoms with Gasteiger partial charge in [0, 0.05) is 18.3 Å². The van der Waals surface area contributed by atoms with Gasteiger partial charge in [0.25, 0.3) is 0 Å². The molecule has 1 atom stereocenters. The molecule has 3 saturated heterocycles. The fourth-order valence-corrected chi connectivity index (χ4v) is 3.57. The van der Waals surface area contributed by atoms with Crippen molar-refractivity contribution < 1.29 is 0 Å². The Hall–Kier alpha value is -1.55. The summed E-state index contributed by atoms with van der Waals surface area (Å²) in [5.74, 6) is 1.83. The number of benzene rings is 1. The average molecular weight is 256 g/mol. The maximum Gasteiger partial charge on any atom is 0.104 e. The number of nitrogens with zero attached hydrogens (tertiary/aromatic N) is 2. The molecule has 1 unspecified atom stereocenters. The highest BCUT2D eigenvalue weighted by Gasteiger charge is 2.33. The minimum Gasteiger partial charge on any atom is -0.381 e. The highest BCUT2D eigenvalue weighted by atomic mass is 15.2. The summed E-state index contributed by atoms with van der Waals surface area (Å²) in [6, 6.07) is 7.05. The SMILES string of the molecule is Cc1nc2ccc(NC3CN4CCC3CC4)cc2[nH]1. The van der Waals surface area contributed by atoms with Gasteiger partial charge in [-0.1, -0.05) is 0 Å². The van der Waals surface area contributed by atoms with Crippen LogP contribution in [0.3, 0.4) is 0 Å². The molecule has 100 valence electrons. The zero-order chi connectivity index (χ0) is 12.8. The van der Waals surface area contributed by atoms with Crippen LogP contribution in [-0.2, 0) is 0 Å². The van der Waals surface area contributed by atoms with Gasteiger partial charge in [-0.15, -0.1) is 0 Å². The van der Waals surface area contributed by atoms with Gasteiger partial charge in [-0.2, -0.15) is 0 Å². The third kappa shape index (κ3) is 2.00. The second-order valence-corrected chi connectivity index (χ2v) is 5.94. The van der Waals surface area contributed by atoms with Crippen molar-refractivity contribution in [2.45, 2.75) is 25.8 Å². The van der Waals surface area contributed by atoms with E-state index in [-0.39, 0.29) is 0 Å². The van der Waals surface area contributed by atoms with Crippen LogP contribution >= 0.6 is 0 Å². The first-order valence-corrected chi connectivity index (χ1v) is 7.23. The summed E-state index contributed by atoms with van der Waals surface area (Å²) < 4.78 is 0. The van der Waals surface area contributed by atoms with E-state index in [1.807, 2.05) is 6.92 Å². The fourth-order valence-electron chi connectivity index (χ4n) is 3.57. The molecular formula is C15H20N4. The number of piperidine rings is 3. The highest BCUT2D eigenvalue weighted by Crippen LogP contribution is 2.30. The summed E-state index contributed by atoms with van der Waals surface area (Å²) >= 11 is 0. The molecule has 3 fully saturated rings. The molecule has 0 spiro atoms. The molecule has 2 N–H and O–H groups in total. The Morgan fingerprint density at radius 2 is 2.16 bits per heavy atom. The molecule has 3 aliphatic heterocycles. The Kier molecular flexibility index (Phi) is 2.52. The molecule has 4 heterocycles. The highest BCUT2D eigenvalue weighted by molar-refractivity contribution is 5.79. The molecule has 5 rings (SSSR count). The number of hydrogen-bond donors (Lipinski definition) is 2. The molecule has 0 radical (unpaired) electrons. The number of rotatable bonds is 2. The van der Waals surface area contributed by atoms with Crippen molar-refractivity contribution in [3.8, 4) is 0 Å². The summed E-state index contributed by atoms with van der Waals surface area (Å²) in [5, 5.41) is 3.72. The summed E-state index contributed by atoms with van der Waals surface area (Å²) in [6.45, 7) is 5.79. The molecule has 1 aromatic heterocycles. The Morgan fingerprint density at radius 1 is 1.32 bits per heavy atom. The summed E-state index contributed by atoms with van der Waals surface area (Å²) in [4.78, 5) is 10.3.